The minimum Gasteiger partial charge on any atom is -0.381 e. The van der Waals surface area contributed by atoms with Crippen LogP contribution in [0.25, 0.3) is 0 Å². The molecule has 10 heavy (non-hydrogen) atoms. The summed E-state index contributed by atoms with van der Waals surface area (Å²) in [6, 6.07) is 0. The van der Waals surface area contributed by atoms with E-state index in [2.05, 4.69) is 0 Å². The molecule has 2 fully saturated rings. The van der Waals surface area contributed by atoms with E-state index in [1.54, 1.807) is 0 Å². The number of likely N-dealkylation sites (tertiary alicyclic amines) is 1. The van der Waals surface area contributed by atoms with Crippen LogP contribution in [-0.2, 0) is 9.53 Å². The number of amides is 1. The van der Waals surface area contributed by atoms with Crippen molar-refractivity contribution in [2.24, 2.45) is 11.8 Å². The predicted molar refractivity (Wildman–Crippen MR) is 35.4 cm³/mol. The van der Waals surface area contributed by atoms with Gasteiger partial charge in [-0.15, -0.1) is 0 Å². The molecule has 2 aliphatic heterocycles. The van der Waals surface area contributed by atoms with Gasteiger partial charge in [0.1, 0.15) is 0 Å². The molecule has 0 aliphatic carbocycles. The number of carbonyl (C=O) groups is 1. The van der Waals surface area contributed by atoms with Gasteiger partial charge in [-0.2, -0.15) is 0 Å². The molecule has 0 radical (unpaired) electrons. The van der Waals surface area contributed by atoms with Gasteiger partial charge in [-0.25, -0.2) is 0 Å². The number of carbonyl (C=O) groups excluding carboxylic acids is 1. The van der Waals surface area contributed by atoms with E-state index < -0.39 is 0 Å². The van der Waals surface area contributed by atoms with E-state index in [1.807, 2.05) is 4.90 Å². The fraction of sp³-hybridized carbons (Fsp3) is 0.857. The largest absolute Gasteiger partial charge is 0.381 e. The second-order valence-electron chi connectivity index (χ2n) is 3.12. The molecule has 0 N–H and O–H groups in total. The molecular weight excluding hydrogens is 130 g/mol. The van der Waals surface area contributed by atoms with E-state index in [1.165, 1.54) is 0 Å². The Hall–Kier alpha value is -0.570. The Morgan fingerprint density at radius 1 is 1.30 bits per heavy atom. The third-order valence-corrected chi connectivity index (χ3v) is 2.42. The summed E-state index contributed by atoms with van der Waals surface area (Å²) >= 11 is 0. The molecule has 2 rings (SSSR count). The van der Waals surface area contributed by atoms with Crippen molar-refractivity contribution in [3.8, 4) is 0 Å². The van der Waals surface area contributed by atoms with Crippen LogP contribution in [0.2, 0.25) is 0 Å². The minimum absolute atomic E-state index is 0.630. The van der Waals surface area contributed by atoms with Crippen LogP contribution in [0.1, 0.15) is 0 Å². The van der Waals surface area contributed by atoms with Crippen LogP contribution in [-0.4, -0.2) is 37.6 Å². The van der Waals surface area contributed by atoms with Crippen LogP contribution in [0.4, 0.5) is 0 Å². The van der Waals surface area contributed by atoms with Gasteiger partial charge in [0.25, 0.3) is 0 Å². The zero-order chi connectivity index (χ0) is 6.97. The number of rotatable bonds is 1. The SMILES string of the molecule is O=CN1CC2COCC2C1. The Morgan fingerprint density at radius 2 is 1.90 bits per heavy atom. The van der Waals surface area contributed by atoms with Gasteiger partial charge in [0, 0.05) is 24.9 Å². The maximum Gasteiger partial charge on any atom is 0.209 e. The molecular formula is C7H11NO2. The molecule has 2 aliphatic rings. The lowest BCUT2D eigenvalue weighted by molar-refractivity contribution is -0.117. The molecule has 0 aromatic carbocycles. The van der Waals surface area contributed by atoms with Crippen LogP contribution >= 0.6 is 0 Å². The van der Waals surface area contributed by atoms with Crippen molar-refractivity contribution in [3.05, 3.63) is 0 Å². The summed E-state index contributed by atoms with van der Waals surface area (Å²) in [6.07, 6.45) is 0.943. The zero-order valence-electron chi connectivity index (χ0n) is 5.82. The molecule has 2 unspecified atom stereocenters. The van der Waals surface area contributed by atoms with Crippen LogP contribution in [0, 0.1) is 11.8 Å². The first-order valence-electron chi connectivity index (χ1n) is 3.67. The molecule has 0 bridgehead atoms. The average molecular weight is 141 g/mol. The molecule has 2 saturated heterocycles. The summed E-state index contributed by atoms with van der Waals surface area (Å²) in [7, 11) is 0. The van der Waals surface area contributed by atoms with E-state index in [0.717, 1.165) is 32.7 Å². The lowest BCUT2D eigenvalue weighted by atomic mass is 10.0. The lowest BCUT2D eigenvalue weighted by Crippen LogP contribution is -2.20. The molecule has 0 aromatic heterocycles. The quantitative estimate of drug-likeness (QED) is 0.470. The third-order valence-electron chi connectivity index (χ3n) is 2.42. The van der Waals surface area contributed by atoms with Gasteiger partial charge in [0.05, 0.1) is 13.2 Å². The van der Waals surface area contributed by atoms with Gasteiger partial charge in [0.2, 0.25) is 6.41 Å². The molecule has 2 heterocycles. The lowest BCUT2D eigenvalue weighted by Gasteiger charge is -2.08. The average Bonchev–Trinajstić information content (AvgIpc) is 2.42. The minimum atomic E-state index is 0.630. The highest BCUT2D eigenvalue weighted by molar-refractivity contribution is 5.47. The highest BCUT2D eigenvalue weighted by Gasteiger charge is 2.36. The maximum absolute atomic E-state index is 10.3. The summed E-state index contributed by atoms with van der Waals surface area (Å²) in [5.74, 6) is 1.26. The summed E-state index contributed by atoms with van der Waals surface area (Å²) in [6.45, 7) is 3.53. The molecule has 2 atom stereocenters. The standard InChI is InChI=1S/C7H11NO2/c9-5-8-1-6-3-10-4-7(6)2-8/h5-7H,1-4H2. The summed E-state index contributed by atoms with van der Waals surface area (Å²) in [4.78, 5) is 12.2. The predicted octanol–water partition coefficient (Wildman–Crippen LogP) is -0.279. The summed E-state index contributed by atoms with van der Waals surface area (Å²) < 4.78 is 5.26. The Bertz CT molecular complexity index is 137. The first kappa shape index (κ1) is 6.16. The Balaban J connectivity index is 1.99. The van der Waals surface area contributed by atoms with Gasteiger partial charge in [-0.1, -0.05) is 0 Å². The molecule has 1 amide bonds. The fourth-order valence-electron chi connectivity index (χ4n) is 1.81. The normalized spacial score (nSPS) is 38.2. The first-order valence-corrected chi connectivity index (χ1v) is 3.67. The van der Waals surface area contributed by atoms with Crippen molar-refractivity contribution in [1.29, 1.82) is 0 Å². The van der Waals surface area contributed by atoms with Crippen molar-refractivity contribution in [1.82, 2.24) is 4.90 Å². The van der Waals surface area contributed by atoms with Gasteiger partial charge in [0.15, 0.2) is 0 Å². The zero-order valence-corrected chi connectivity index (χ0v) is 5.82. The van der Waals surface area contributed by atoms with E-state index in [-0.39, 0.29) is 0 Å². The smallest absolute Gasteiger partial charge is 0.209 e. The third kappa shape index (κ3) is 0.814. The van der Waals surface area contributed by atoms with Crippen molar-refractivity contribution in [2.45, 2.75) is 0 Å². The van der Waals surface area contributed by atoms with Gasteiger partial charge < -0.3 is 9.64 Å². The number of hydrogen-bond donors (Lipinski definition) is 0. The summed E-state index contributed by atoms with van der Waals surface area (Å²) in [5.41, 5.74) is 0. The fourth-order valence-corrected chi connectivity index (χ4v) is 1.81. The van der Waals surface area contributed by atoms with Crippen LogP contribution in [0.15, 0.2) is 0 Å². The van der Waals surface area contributed by atoms with Crippen LogP contribution < -0.4 is 0 Å². The monoisotopic (exact) mass is 141 g/mol. The summed E-state index contributed by atoms with van der Waals surface area (Å²) in [5, 5.41) is 0. The highest BCUT2D eigenvalue weighted by atomic mass is 16.5. The molecule has 56 valence electrons. The molecule has 0 spiro atoms. The van der Waals surface area contributed by atoms with Crippen molar-refractivity contribution in [3.63, 3.8) is 0 Å². The van der Waals surface area contributed by atoms with Crippen molar-refractivity contribution in [2.75, 3.05) is 26.3 Å². The Morgan fingerprint density at radius 3 is 2.40 bits per heavy atom. The Kier molecular flexibility index (Phi) is 1.38. The first-order chi connectivity index (χ1) is 4.90. The second kappa shape index (κ2) is 2.23. The number of nitrogens with zero attached hydrogens (tertiary/aromatic N) is 1. The Labute approximate surface area is 60.0 Å². The maximum atomic E-state index is 10.3. The van der Waals surface area contributed by atoms with Crippen molar-refractivity contribution < 1.29 is 9.53 Å². The topological polar surface area (TPSA) is 29.5 Å². The van der Waals surface area contributed by atoms with E-state index in [9.17, 15) is 4.79 Å². The number of fused-ring (bicyclic) bond motifs is 1. The van der Waals surface area contributed by atoms with E-state index >= 15 is 0 Å². The van der Waals surface area contributed by atoms with E-state index in [4.69, 9.17) is 4.74 Å². The second-order valence-corrected chi connectivity index (χ2v) is 3.12. The van der Waals surface area contributed by atoms with E-state index in [0.29, 0.717) is 11.8 Å². The van der Waals surface area contributed by atoms with Gasteiger partial charge in [-0.05, 0) is 0 Å². The molecule has 0 aromatic rings. The molecule has 0 saturated carbocycles. The molecule has 3 heteroatoms. The number of hydrogen-bond acceptors (Lipinski definition) is 2. The number of ether oxygens (including phenoxy) is 1. The molecule has 3 nitrogen and oxygen atoms in total. The van der Waals surface area contributed by atoms with Crippen LogP contribution in [0.5, 0.6) is 0 Å². The van der Waals surface area contributed by atoms with Gasteiger partial charge in [-0.3, -0.25) is 4.79 Å². The van der Waals surface area contributed by atoms with Crippen LogP contribution in [0.3, 0.4) is 0 Å². The van der Waals surface area contributed by atoms with Gasteiger partial charge >= 0.3 is 0 Å². The highest BCUT2D eigenvalue weighted by Crippen LogP contribution is 2.27. The van der Waals surface area contributed by atoms with Crippen molar-refractivity contribution >= 4 is 6.41 Å².